The van der Waals surface area contributed by atoms with E-state index in [1.807, 2.05) is 31.2 Å². The van der Waals surface area contributed by atoms with Crippen molar-refractivity contribution in [3.63, 3.8) is 0 Å². The normalized spacial score (nSPS) is 18.0. The number of aliphatic carboxylic acids is 1. The van der Waals surface area contributed by atoms with E-state index in [0.29, 0.717) is 19.8 Å². The summed E-state index contributed by atoms with van der Waals surface area (Å²) in [6.07, 6.45) is 0.735. The molecule has 5 nitrogen and oxygen atoms in total. The molecule has 1 heterocycles. The fourth-order valence-corrected chi connectivity index (χ4v) is 2.33. The van der Waals surface area contributed by atoms with Crippen LogP contribution in [0.3, 0.4) is 0 Å². The van der Waals surface area contributed by atoms with Gasteiger partial charge in [0, 0.05) is 13.1 Å². The van der Waals surface area contributed by atoms with E-state index in [-0.39, 0.29) is 18.3 Å². The maximum Gasteiger partial charge on any atom is 0.307 e. The van der Waals surface area contributed by atoms with Gasteiger partial charge in [-0.15, -0.1) is 12.4 Å². The van der Waals surface area contributed by atoms with Gasteiger partial charge >= 0.3 is 5.97 Å². The van der Waals surface area contributed by atoms with Crippen molar-refractivity contribution in [2.75, 3.05) is 32.8 Å². The number of hydrogen-bond donors (Lipinski definition) is 1. The van der Waals surface area contributed by atoms with Gasteiger partial charge in [-0.25, -0.2) is 0 Å². The van der Waals surface area contributed by atoms with E-state index in [4.69, 9.17) is 14.6 Å². The monoisotopic (exact) mass is 315 g/mol. The summed E-state index contributed by atoms with van der Waals surface area (Å²) in [5.41, 5.74) is 0. The highest BCUT2D eigenvalue weighted by Crippen LogP contribution is 2.18. The summed E-state index contributed by atoms with van der Waals surface area (Å²) >= 11 is 0. The van der Waals surface area contributed by atoms with Crippen molar-refractivity contribution in [3.05, 3.63) is 24.3 Å². The second-order valence-electron chi connectivity index (χ2n) is 4.88. The first kappa shape index (κ1) is 17.6. The molecule has 1 fully saturated rings. The maximum absolute atomic E-state index is 10.9. The molecule has 1 unspecified atom stereocenters. The van der Waals surface area contributed by atoms with Crippen molar-refractivity contribution in [2.24, 2.45) is 5.92 Å². The molecule has 1 saturated heterocycles. The van der Waals surface area contributed by atoms with Crippen LogP contribution in [0.4, 0.5) is 0 Å². The highest BCUT2D eigenvalue weighted by atomic mass is 35.5. The molecule has 1 aliphatic heterocycles. The van der Waals surface area contributed by atoms with Crippen LogP contribution >= 0.6 is 12.4 Å². The van der Waals surface area contributed by atoms with Gasteiger partial charge in [-0.1, -0.05) is 0 Å². The van der Waals surface area contributed by atoms with Crippen LogP contribution in [0, 0.1) is 5.92 Å². The number of likely N-dealkylation sites (tertiary alicyclic amines) is 1. The van der Waals surface area contributed by atoms with Gasteiger partial charge < -0.3 is 14.6 Å². The molecule has 0 spiro atoms. The van der Waals surface area contributed by atoms with Gasteiger partial charge in [0.15, 0.2) is 0 Å². The molecule has 0 aliphatic carbocycles. The Morgan fingerprint density at radius 2 is 1.90 bits per heavy atom. The van der Waals surface area contributed by atoms with E-state index in [1.54, 1.807) is 0 Å². The smallest absolute Gasteiger partial charge is 0.307 e. The highest BCUT2D eigenvalue weighted by molar-refractivity contribution is 5.85. The molecule has 0 radical (unpaired) electrons. The first-order valence-corrected chi connectivity index (χ1v) is 7.00. The van der Waals surface area contributed by atoms with Crippen LogP contribution in [0.1, 0.15) is 13.3 Å². The van der Waals surface area contributed by atoms with Crippen molar-refractivity contribution in [2.45, 2.75) is 13.3 Å². The number of carbonyl (C=O) groups is 1. The summed E-state index contributed by atoms with van der Waals surface area (Å²) in [5.74, 6) is 0.728. The molecule has 118 valence electrons. The molecule has 0 amide bonds. The average Bonchev–Trinajstić information content (AvgIpc) is 2.90. The minimum Gasteiger partial charge on any atom is -0.494 e. The van der Waals surface area contributed by atoms with Crippen molar-refractivity contribution in [3.8, 4) is 11.5 Å². The van der Waals surface area contributed by atoms with E-state index in [9.17, 15) is 4.79 Å². The lowest BCUT2D eigenvalue weighted by Crippen LogP contribution is -2.27. The zero-order chi connectivity index (χ0) is 14.4. The van der Waals surface area contributed by atoms with Gasteiger partial charge in [0.05, 0.1) is 12.5 Å². The van der Waals surface area contributed by atoms with Crippen LogP contribution < -0.4 is 9.47 Å². The summed E-state index contributed by atoms with van der Waals surface area (Å²) in [4.78, 5) is 13.0. The number of ether oxygens (including phenoxy) is 2. The maximum atomic E-state index is 10.9. The number of carboxylic acid groups (broad SMARTS) is 1. The molecule has 1 aromatic rings. The number of nitrogens with zero attached hydrogens (tertiary/aromatic N) is 1. The predicted octanol–water partition coefficient (Wildman–Crippen LogP) is 2.29. The lowest BCUT2D eigenvalue weighted by molar-refractivity contribution is -0.141. The topological polar surface area (TPSA) is 59.0 Å². The molecular weight excluding hydrogens is 294 g/mol. The largest absolute Gasteiger partial charge is 0.494 e. The summed E-state index contributed by atoms with van der Waals surface area (Å²) < 4.78 is 11.0. The minimum absolute atomic E-state index is 0. The van der Waals surface area contributed by atoms with Gasteiger partial charge in [0.25, 0.3) is 0 Å². The Labute approximate surface area is 131 Å². The second-order valence-corrected chi connectivity index (χ2v) is 4.88. The highest BCUT2D eigenvalue weighted by Gasteiger charge is 2.27. The van der Waals surface area contributed by atoms with Gasteiger partial charge in [0.2, 0.25) is 0 Å². The Balaban J connectivity index is 0.00000220. The second kappa shape index (κ2) is 8.74. The van der Waals surface area contributed by atoms with Crippen LogP contribution in [0.2, 0.25) is 0 Å². The van der Waals surface area contributed by atoms with Gasteiger partial charge in [0.1, 0.15) is 18.1 Å². The van der Waals surface area contributed by atoms with Crippen molar-refractivity contribution >= 4 is 18.4 Å². The Hall–Kier alpha value is -1.46. The van der Waals surface area contributed by atoms with Crippen molar-refractivity contribution < 1.29 is 19.4 Å². The molecule has 0 saturated carbocycles. The molecule has 6 heteroatoms. The van der Waals surface area contributed by atoms with E-state index in [0.717, 1.165) is 31.0 Å². The van der Waals surface area contributed by atoms with Gasteiger partial charge in [-0.05, 0) is 44.2 Å². The SMILES string of the molecule is CCOc1ccc(OCCN2CCC(C(=O)O)C2)cc1.Cl. The summed E-state index contributed by atoms with van der Waals surface area (Å²) in [7, 11) is 0. The summed E-state index contributed by atoms with van der Waals surface area (Å²) in [5, 5.41) is 8.93. The quantitative estimate of drug-likeness (QED) is 0.836. The predicted molar refractivity (Wildman–Crippen MR) is 82.5 cm³/mol. The Kier molecular flexibility index (Phi) is 7.32. The fourth-order valence-electron chi connectivity index (χ4n) is 2.33. The first-order valence-electron chi connectivity index (χ1n) is 7.00. The molecule has 2 rings (SSSR count). The Morgan fingerprint density at radius 1 is 1.29 bits per heavy atom. The van der Waals surface area contributed by atoms with E-state index >= 15 is 0 Å². The number of halogens is 1. The number of carboxylic acids is 1. The number of benzene rings is 1. The molecular formula is C15H22ClNO4. The van der Waals surface area contributed by atoms with Crippen molar-refractivity contribution in [1.82, 2.24) is 4.90 Å². The lowest BCUT2D eigenvalue weighted by Gasteiger charge is -2.15. The summed E-state index contributed by atoms with van der Waals surface area (Å²) in [6.45, 7) is 5.40. The zero-order valence-electron chi connectivity index (χ0n) is 12.2. The molecule has 1 N–H and O–H groups in total. The fraction of sp³-hybridized carbons (Fsp3) is 0.533. The molecule has 1 atom stereocenters. The average molecular weight is 316 g/mol. The number of rotatable bonds is 7. The first-order chi connectivity index (χ1) is 9.69. The molecule has 1 aliphatic rings. The third-order valence-corrected chi connectivity index (χ3v) is 3.43. The van der Waals surface area contributed by atoms with Gasteiger partial charge in [-0.2, -0.15) is 0 Å². The summed E-state index contributed by atoms with van der Waals surface area (Å²) in [6, 6.07) is 7.54. The molecule has 0 bridgehead atoms. The standard InChI is InChI=1S/C15H21NO4.ClH/c1-2-19-13-3-5-14(6-4-13)20-10-9-16-8-7-12(11-16)15(17)18;/h3-6,12H,2,7-11H2,1H3,(H,17,18);1H. The van der Waals surface area contributed by atoms with Gasteiger partial charge in [-0.3, -0.25) is 9.69 Å². The number of hydrogen-bond acceptors (Lipinski definition) is 4. The van der Waals surface area contributed by atoms with Crippen LogP contribution in [0.5, 0.6) is 11.5 Å². The molecule has 1 aromatic carbocycles. The van der Waals surface area contributed by atoms with Crippen molar-refractivity contribution in [1.29, 1.82) is 0 Å². The lowest BCUT2D eigenvalue weighted by atomic mass is 10.1. The Bertz CT molecular complexity index is 438. The van der Waals surface area contributed by atoms with Crippen LogP contribution in [0.25, 0.3) is 0 Å². The molecule has 0 aromatic heterocycles. The van der Waals surface area contributed by atoms with Crippen LogP contribution in [0.15, 0.2) is 24.3 Å². The Morgan fingerprint density at radius 3 is 2.43 bits per heavy atom. The van der Waals surface area contributed by atoms with E-state index < -0.39 is 5.97 Å². The minimum atomic E-state index is -0.695. The molecule has 21 heavy (non-hydrogen) atoms. The van der Waals surface area contributed by atoms with E-state index in [1.165, 1.54) is 0 Å². The third-order valence-electron chi connectivity index (χ3n) is 3.43. The third kappa shape index (κ3) is 5.44. The van der Waals surface area contributed by atoms with Crippen LogP contribution in [-0.2, 0) is 4.79 Å². The zero-order valence-corrected chi connectivity index (χ0v) is 13.0. The van der Waals surface area contributed by atoms with Crippen LogP contribution in [-0.4, -0.2) is 48.8 Å². The van der Waals surface area contributed by atoms with E-state index in [2.05, 4.69) is 4.90 Å².